The number of aryl methyl sites for hydroxylation is 1. The molecule has 6 nitrogen and oxygen atoms in total. The van der Waals surface area contributed by atoms with Crippen molar-refractivity contribution < 1.29 is 14.0 Å². The summed E-state index contributed by atoms with van der Waals surface area (Å²) in [5, 5.41) is 3.47. The third kappa shape index (κ3) is 3.27. The Balaban J connectivity index is 1.46. The van der Waals surface area contributed by atoms with E-state index in [0.717, 1.165) is 26.9 Å². The van der Waals surface area contributed by atoms with Gasteiger partial charge < -0.3 is 14.6 Å². The number of aromatic nitrogens is 1. The van der Waals surface area contributed by atoms with E-state index in [4.69, 9.17) is 4.42 Å². The molecular weight excluding hydrogens is 398 g/mol. The van der Waals surface area contributed by atoms with Gasteiger partial charge in [0.05, 0.1) is 16.5 Å². The number of hydrogen-bond donors (Lipinski definition) is 1. The predicted molar refractivity (Wildman–Crippen MR) is 116 cm³/mol. The third-order valence-corrected chi connectivity index (χ3v) is 6.33. The number of thiazole rings is 1. The monoisotopic (exact) mass is 417 g/mol. The molecule has 1 N–H and O–H groups in total. The molecule has 0 radical (unpaired) electrons. The molecule has 3 heterocycles. The molecule has 2 amide bonds. The average Bonchev–Trinajstić information content (AvgIpc) is 3.43. The van der Waals surface area contributed by atoms with Gasteiger partial charge in [-0.15, -0.1) is 0 Å². The van der Waals surface area contributed by atoms with Gasteiger partial charge in [0.15, 0.2) is 10.9 Å². The quantitative estimate of drug-likeness (QED) is 0.536. The second kappa shape index (κ2) is 7.42. The molecule has 1 atom stereocenters. The highest BCUT2D eigenvalue weighted by molar-refractivity contribution is 7.22. The number of carbonyl (C=O) groups excluding carboxylic acids is 2. The first-order chi connectivity index (χ1) is 14.6. The van der Waals surface area contributed by atoms with E-state index in [0.29, 0.717) is 18.1 Å². The number of fused-ring (bicyclic) bond motifs is 2. The Kier molecular flexibility index (Phi) is 4.59. The second-order valence-electron chi connectivity index (χ2n) is 7.33. The standard InChI is InChI=1S/C23H19N3O3S/c1-14-6-4-10-19-20(14)24-23(30-19)25-21(27)17-12-15-7-2-3-8-16(15)13-26(17)22(28)18-9-5-11-29-18/h2-11,17H,12-13H2,1H3,(H,24,25,27). The van der Waals surface area contributed by atoms with E-state index < -0.39 is 6.04 Å². The van der Waals surface area contributed by atoms with Crippen molar-refractivity contribution in [3.63, 3.8) is 0 Å². The smallest absolute Gasteiger partial charge is 0.290 e. The van der Waals surface area contributed by atoms with Gasteiger partial charge in [-0.3, -0.25) is 9.59 Å². The summed E-state index contributed by atoms with van der Waals surface area (Å²) in [7, 11) is 0. The number of nitrogens with one attached hydrogen (secondary N) is 1. The Morgan fingerprint density at radius 3 is 2.70 bits per heavy atom. The first-order valence-electron chi connectivity index (χ1n) is 9.68. The topological polar surface area (TPSA) is 75.4 Å². The lowest BCUT2D eigenvalue weighted by molar-refractivity contribution is -0.121. The van der Waals surface area contributed by atoms with Crippen LogP contribution in [0, 0.1) is 6.92 Å². The lowest BCUT2D eigenvalue weighted by Crippen LogP contribution is -2.50. The maximum absolute atomic E-state index is 13.3. The number of hydrogen-bond acceptors (Lipinski definition) is 5. The van der Waals surface area contributed by atoms with Crippen LogP contribution in [0.1, 0.15) is 27.2 Å². The van der Waals surface area contributed by atoms with Gasteiger partial charge in [0, 0.05) is 13.0 Å². The van der Waals surface area contributed by atoms with Crippen molar-refractivity contribution in [1.82, 2.24) is 9.88 Å². The Bertz CT molecular complexity index is 1250. The van der Waals surface area contributed by atoms with Crippen LogP contribution in [0.25, 0.3) is 10.2 Å². The number of furan rings is 1. The molecule has 5 rings (SSSR count). The number of benzene rings is 2. The minimum Gasteiger partial charge on any atom is -0.459 e. The van der Waals surface area contributed by atoms with Gasteiger partial charge in [-0.1, -0.05) is 47.7 Å². The molecule has 150 valence electrons. The fraction of sp³-hybridized carbons (Fsp3) is 0.174. The van der Waals surface area contributed by atoms with Crippen molar-refractivity contribution >= 4 is 38.5 Å². The SMILES string of the molecule is Cc1cccc2sc(NC(=O)C3Cc4ccccc4CN3C(=O)c3ccco3)nc12. The Morgan fingerprint density at radius 1 is 1.10 bits per heavy atom. The van der Waals surface area contributed by atoms with E-state index in [9.17, 15) is 9.59 Å². The molecule has 0 aliphatic carbocycles. The van der Waals surface area contributed by atoms with Crippen molar-refractivity contribution in [2.24, 2.45) is 0 Å². The summed E-state index contributed by atoms with van der Waals surface area (Å²) in [5.41, 5.74) is 4.05. The maximum Gasteiger partial charge on any atom is 0.290 e. The molecule has 4 aromatic rings. The van der Waals surface area contributed by atoms with E-state index in [1.165, 1.54) is 17.6 Å². The van der Waals surface area contributed by atoms with Gasteiger partial charge in [-0.05, 0) is 41.8 Å². The van der Waals surface area contributed by atoms with Crippen LogP contribution in [-0.4, -0.2) is 27.7 Å². The van der Waals surface area contributed by atoms with Crippen molar-refractivity contribution in [2.75, 3.05) is 5.32 Å². The molecule has 2 aromatic carbocycles. The zero-order valence-corrected chi connectivity index (χ0v) is 17.1. The maximum atomic E-state index is 13.3. The van der Waals surface area contributed by atoms with Crippen molar-refractivity contribution in [2.45, 2.75) is 25.9 Å². The zero-order valence-electron chi connectivity index (χ0n) is 16.3. The normalized spacial score (nSPS) is 15.8. The number of carbonyl (C=O) groups is 2. The molecule has 0 saturated carbocycles. The summed E-state index contributed by atoms with van der Waals surface area (Å²) in [4.78, 5) is 32.5. The van der Waals surface area contributed by atoms with Crippen molar-refractivity contribution in [1.29, 1.82) is 0 Å². The van der Waals surface area contributed by atoms with Crippen molar-refractivity contribution in [3.8, 4) is 0 Å². The summed E-state index contributed by atoms with van der Waals surface area (Å²) >= 11 is 1.43. The van der Waals surface area contributed by atoms with Gasteiger partial charge in [0.25, 0.3) is 5.91 Å². The van der Waals surface area contributed by atoms with E-state index in [1.54, 1.807) is 17.0 Å². The highest BCUT2D eigenvalue weighted by Gasteiger charge is 2.36. The molecule has 0 bridgehead atoms. The Hall–Kier alpha value is -3.45. The van der Waals surface area contributed by atoms with E-state index in [2.05, 4.69) is 10.3 Å². The average molecular weight is 417 g/mol. The number of nitrogens with zero attached hydrogens (tertiary/aromatic N) is 2. The van der Waals surface area contributed by atoms with Crippen molar-refractivity contribution in [3.05, 3.63) is 83.3 Å². The van der Waals surface area contributed by atoms with E-state index >= 15 is 0 Å². The van der Waals surface area contributed by atoms with Gasteiger partial charge in [-0.25, -0.2) is 4.98 Å². The molecule has 30 heavy (non-hydrogen) atoms. The largest absolute Gasteiger partial charge is 0.459 e. The molecule has 1 unspecified atom stereocenters. The second-order valence-corrected chi connectivity index (χ2v) is 8.36. The van der Waals surface area contributed by atoms with Gasteiger partial charge >= 0.3 is 0 Å². The fourth-order valence-corrected chi connectivity index (χ4v) is 4.79. The van der Waals surface area contributed by atoms with E-state index in [1.807, 2.05) is 49.4 Å². The molecule has 0 fully saturated rings. The molecule has 0 spiro atoms. The first kappa shape index (κ1) is 18.6. The van der Waals surface area contributed by atoms with E-state index in [-0.39, 0.29) is 17.6 Å². The first-order valence-corrected chi connectivity index (χ1v) is 10.5. The molecule has 1 aliphatic heterocycles. The lowest BCUT2D eigenvalue weighted by Gasteiger charge is -2.35. The minimum absolute atomic E-state index is 0.225. The molecular formula is C23H19N3O3S. The zero-order chi connectivity index (χ0) is 20.7. The number of para-hydroxylation sites is 1. The summed E-state index contributed by atoms with van der Waals surface area (Å²) in [6.45, 7) is 2.35. The number of rotatable bonds is 3. The number of amides is 2. The van der Waals surface area contributed by atoms with Gasteiger partial charge in [0.2, 0.25) is 5.91 Å². The van der Waals surface area contributed by atoms with Crippen LogP contribution in [-0.2, 0) is 17.8 Å². The summed E-state index contributed by atoms with van der Waals surface area (Å²) in [6, 6.07) is 16.5. The highest BCUT2D eigenvalue weighted by atomic mass is 32.1. The van der Waals surface area contributed by atoms with Gasteiger partial charge in [-0.2, -0.15) is 0 Å². The lowest BCUT2D eigenvalue weighted by atomic mass is 9.93. The molecule has 0 saturated heterocycles. The third-order valence-electron chi connectivity index (χ3n) is 5.39. The summed E-state index contributed by atoms with van der Waals surface area (Å²) in [5.74, 6) is -0.321. The fourth-order valence-electron chi connectivity index (χ4n) is 3.84. The minimum atomic E-state index is -0.648. The van der Waals surface area contributed by atoms with Crippen LogP contribution in [0.2, 0.25) is 0 Å². The van der Waals surface area contributed by atoms with Crippen LogP contribution in [0.15, 0.2) is 65.3 Å². The Morgan fingerprint density at radius 2 is 1.93 bits per heavy atom. The highest BCUT2D eigenvalue weighted by Crippen LogP contribution is 2.30. The van der Waals surface area contributed by atoms with Crippen LogP contribution < -0.4 is 5.32 Å². The molecule has 7 heteroatoms. The summed E-state index contributed by atoms with van der Waals surface area (Å²) in [6.07, 6.45) is 1.90. The predicted octanol–water partition coefficient (Wildman–Crippen LogP) is 4.40. The van der Waals surface area contributed by atoms with Gasteiger partial charge in [0.1, 0.15) is 6.04 Å². The van der Waals surface area contributed by atoms with Crippen LogP contribution in [0.5, 0.6) is 0 Å². The van der Waals surface area contributed by atoms with Crippen LogP contribution in [0.4, 0.5) is 5.13 Å². The van der Waals surface area contributed by atoms with Crippen LogP contribution >= 0.6 is 11.3 Å². The molecule has 1 aliphatic rings. The van der Waals surface area contributed by atoms with Crippen LogP contribution in [0.3, 0.4) is 0 Å². The number of anilines is 1. The summed E-state index contributed by atoms with van der Waals surface area (Å²) < 4.78 is 6.32. The Labute approximate surface area is 177 Å². The molecule has 2 aromatic heterocycles.